The van der Waals surface area contributed by atoms with E-state index in [1.807, 2.05) is 31.1 Å². The van der Waals surface area contributed by atoms with Gasteiger partial charge in [-0.05, 0) is 32.0 Å². The molecule has 0 saturated carbocycles. The Labute approximate surface area is 127 Å². The second-order valence-electron chi connectivity index (χ2n) is 5.74. The third kappa shape index (κ3) is 3.94. The lowest BCUT2D eigenvalue weighted by molar-refractivity contribution is -0.127. The zero-order valence-electron chi connectivity index (χ0n) is 13.3. The number of amides is 1. The predicted molar refractivity (Wildman–Crippen MR) is 85.3 cm³/mol. The van der Waals surface area contributed by atoms with Gasteiger partial charge in [0, 0.05) is 32.4 Å². The van der Waals surface area contributed by atoms with Gasteiger partial charge in [0.1, 0.15) is 5.82 Å². The maximum absolute atomic E-state index is 12.4. The number of likely N-dealkylation sites (N-methyl/N-ethyl adjacent to an activating group) is 1. The minimum atomic E-state index is 0.0308. The van der Waals surface area contributed by atoms with Crippen LogP contribution in [0.4, 0.5) is 5.82 Å². The normalized spacial score (nSPS) is 19.3. The van der Waals surface area contributed by atoms with Crippen LogP contribution in [0.3, 0.4) is 0 Å². The van der Waals surface area contributed by atoms with Crippen LogP contribution in [0.5, 0.6) is 0 Å². The Morgan fingerprint density at radius 1 is 1.48 bits per heavy atom. The van der Waals surface area contributed by atoms with Gasteiger partial charge < -0.3 is 10.2 Å². The molecule has 5 heteroatoms. The molecule has 1 atom stereocenters. The van der Waals surface area contributed by atoms with Crippen LogP contribution in [-0.4, -0.2) is 49.0 Å². The zero-order valence-corrected chi connectivity index (χ0v) is 13.3. The number of carbonyl (C=O) groups is 1. The van der Waals surface area contributed by atoms with E-state index < -0.39 is 0 Å². The maximum Gasteiger partial charge on any atom is 0.237 e. The molecule has 1 saturated heterocycles. The third-order valence-electron chi connectivity index (χ3n) is 4.07. The number of hydrogen-bond acceptors (Lipinski definition) is 4. The summed E-state index contributed by atoms with van der Waals surface area (Å²) in [6, 6.07) is 3.96. The molecule has 1 aromatic rings. The smallest absolute Gasteiger partial charge is 0.237 e. The summed E-state index contributed by atoms with van der Waals surface area (Å²) >= 11 is 0. The van der Waals surface area contributed by atoms with Crippen molar-refractivity contribution in [1.82, 2.24) is 15.2 Å². The van der Waals surface area contributed by atoms with Crippen molar-refractivity contribution >= 4 is 11.7 Å². The van der Waals surface area contributed by atoms with Crippen molar-refractivity contribution in [3.8, 4) is 0 Å². The van der Waals surface area contributed by atoms with Gasteiger partial charge in [0.2, 0.25) is 5.91 Å². The zero-order chi connectivity index (χ0) is 15.2. The minimum Gasteiger partial charge on any atom is -0.362 e. The second kappa shape index (κ2) is 7.41. The van der Waals surface area contributed by atoms with Gasteiger partial charge in [0.25, 0.3) is 0 Å². The van der Waals surface area contributed by atoms with Crippen molar-refractivity contribution in [2.24, 2.45) is 0 Å². The van der Waals surface area contributed by atoms with Gasteiger partial charge in [-0.2, -0.15) is 0 Å². The molecule has 21 heavy (non-hydrogen) atoms. The standard InChI is InChI=1S/C16H26N4O/c1-4-20-11-6-5-9-14(20)16(21)18-12-13-8-7-10-17-15(13)19(2)3/h7-8,10,14H,4-6,9,11-12H2,1-3H3,(H,18,21). The van der Waals surface area contributed by atoms with Crippen molar-refractivity contribution in [3.05, 3.63) is 23.9 Å². The molecule has 1 fully saturated rings. The quantitative estimate of drug-likeness (QED) is 0.895. The van der Waals surface area contributed by atoms with Crippen LogP contribution in [0, 0.1) is 0 Å². The molecule has 0 aliphatic carbocycles. The highest BCUT2D eigenvalue weighted by atomic mass is 16.2. The summed E-state index contributed by atoms with van der Waals surface area (Å²) in [6.07, 6.45) is 5.09. The van der Waals surface area contributed by atoms with E-state index >= 15 is 0 Å². The summed E-state index contributed by atoms with van der Waals surface area (Å²) in [5, 5.41) is 3.08. The first-order chi connectivity index (χ1) is 10.1. The third-order valence-corrected chi connectivity index (χ3v) is 4.07. The fourth-order valence-corrected chi connectivity index (χ4v) is 2.94. The molecular weight excluding hydrogens is 264 g/mol. The summed E-state index contributed by atoms with van der Waals surface area (Å²) in [5.74, 6) is 1.05. The first-order valence-electron chi connectivity index (χ1n) is 7.76. The van der Waals surface area contributed by atoms with Gasteiger partial charge in [-0.3, -0.25) is 9.69 Å². The number of nitrogens with one attached hydrogen (secondary N) is 1. The van der Waals surface area contributed by atoms with Gasteiger partial charge in [-0.25, -0.2) is 4.98 Å². The molecule has 2 rings (SSSR count). The SMILES string of the molecule is CCN1CCCCC1C(=O)NCc1cccnc1N(C)C. The van der Waals surface area contributed by atoms with Gasteiger partial charge in [0.15, 0.2) is 0 Å². The fraction of sp³-hybridized carbons (Fsp3) is 0.625. The van der Waals surface area contributed by atoms with Crippen molar-refractivity contribution in [2.45, 2.75) is 38.8 Å². The summed E-state index contributed by atoms with van der Waals surface area (Å²) in [6.45, 7) is 4.63. The van der Waals surface area contributed by atoms with E-state index in [1.54, 1.807) is 6.20 Å². The molecule has 1 aliphatic heterocycles. The van der Waals surface area contributed by atoms with Gasteiger partial charge in [0.05, 0.1) is 6.04 Å². The monoisotopic (exact) mass is 290 g/mol. The van der Waals surface area contributed by atoms with Crippen LogP contribution in [0.15, 0.2) is 18.3 Å². The molecule has 0 spiro atoms. The lowest BCUT2D eigenvalue weighted by Gasteiger charge is -2.33. The summed E-state index contributed by atoms with van der Waals surface area (Å²) in [7, 11) is 3.93. The molecule has 116 valence electrons. The molecule has 1 aliphatic rings. The Balaban J connectivity index is 1.97. The van der Waals surface area contributed by atoms with Gasteiger partial charge in [-0.15, -0.1) is 0 Å². The molecule has 1 aromatic heterocycles. The molecule has 2 heterocycles. The molecule has 0 aromatic carbocycles. The van der Waals surface area contributed by atoms with Crippen LogP contribution in [0.2, 0.25) is 0 Å². The molecule has 1 N–H and O–H groups in total. The highest BCUT2D eigenvalue weighted by Gasteiger charge is 2.27. The molecular formula is C16H26N4O. The van der Waals surface area contributed by atoms with Crippen LogP contribution in [0.1, 0.15) is 31.7 Å². The highest BCUT2D eigenvalue weighted by Crippen LogP contribution is 2.18. The molecule has 1 amide bonds. The van der Waals surface area contributed by atoms with Crippen molar-refractivity contribution in [1.29, 1.82) is 0 Å². The second-order valence-corrected chi connectivity index (χ2v) is 5.74. The number of hydrogen-bond donors (Lipinski definition) is 1. The van der Waals surface area contributed by atoms with Crippen LogP contribution in [0.25, 0.3) is 0 Å². The summed E-state index contributed by atoms with van der Waals surface area (Å²) in [4.78, 5) is 21.0. The summed E-state index contributed by atoms with van der Waals surface area (Å²) < 4.78 is 0. The average molecular weight is 290 g/mol. The Morgan fingerprint density at radius 2 is 2.29 bits per heavy atom. The number of pyridine rings is 1. The lowest BCUT2D eigenvalue weighted by atomic mass is 10.0. The van der Waals surface area contributed by atoms with E-state index in [1.165, 1.54) is 6.42 Å². The van der Waals surface area contributed by atoms with Crippen molar-refractivity contribution < 1.29 is 4.79 Å². The number of carbonyl (C=O) groups excluding carboxylic acids is 1. The largest absolute Gasteiger partial charge is 0.362 e. The van der Waals surface area contributed by atoms with Crippen molar-refractivity contribution in [2.75, 3.05) is 32.1 Å². The summed E-state index contributed by atoms with van der Waals surface area (Å²) in [5.41, 5.74) is 1.05. The van der Waals surface area contributed by atoms with E-state index in [-0.39, 0.29) is 11.9 Å². The predicted octanol–water partition coefficient (Wildman–Crippen LogP) is 1.64. The molecule has 0 bridgehead atoms. The fourth-order valence-electron chi connectivity index (χ4n) is 2.94. The topological polar surface area (TPSA) is 48.5 Å². The highest BCUT2D eigenvalue weighted by molar-refractivity contribution is 5.81. The van der Waals surface area contributed by atoms with Crippen molar-refractivity contribution in [3.63, 3.8) is 0 Å². The van der Waals surface area contributed by atoms with E-state index in [0.717, 1.165) is 37.3 Å². The lowest BCUT2D eigenvalue weighted by Crippen LogP contribution is -2.49. The van der Waals surface area contributed by atoms with Crippen LogP contribution >= 0.6 is 0 Å². The van der Waals surface area contributed by atoms with Crippen LogP contribution in [-0.2, 0) is 11.3 Å². The minimum absolute atomic E-state index is 0.0308. The van der Waals surface area contributed by atoms with E-state index in [9.17, 15) is 4.79 Å². The Hall–Kier alpha value is -1.62. The number of piperidine rings is 1. The van der Waals surface area contributed by atoms with E-state index in [0.29, 0.717) is 6.54 Å². The number of aromatic nitrogens is 1. The van der Waals surface area contributed by atoms with Gasteiger partial charge >= 0.3 is 0 Å². The van der Waals surface area contributed by atoms with E-state index in [2.05, 4.69) is 22.1 Å². The number of nitrogens with zero attached hydrogens (tertiary/aromatic N) is 3. The van der Waals surface area contributed by atoms with Crippen LogP contribution < -0.4 is 10.2 Å². The number of anilines is 1. The van der Waals surface area contributed by atoms with E-state index in [4.69, 9.17) is 0 Å². The number of likely N-dealkylation sites (tertiary alicyclic amines) is 1. The number of rotatable bonds is 5. The molecule has 1 unspecified atom stereocenters. The Morgan fingerprint density at radius 3 is 3.00 bits per heavy atom. The Kier molecular flexibility index (Phi) is 5.56. The first-order valence-corrected chi connectivity index (χ1v) is 7.76. The first kappa shape index (κ1) is 15.8. The Bertz CT molecular complexity index is 475. The average Bonchev–Trinajstić information content (AvgIpc) is 2.52. The maximum atomic E-state index is 12.4. The molecule has 0 radical (unpaired) electrons. The molecule has 5 nitrogen and oxygen atoms in total. The van der Waals surface area contributed by atoms with Gasteiger partial charge in [-0.1, -0.05) is 19.4 Å².